The monoisotopic (exact) mass is 1500 g/mol. The summed E-state index contributed by atoms with van der Waals surface area (Å²) in [5.74, 6) is -0.881. The van der Waals surface area contributed by atoms with Crippen LogP contribution in [0.4, 0.5) is 23.4 Å². The number of hydrogen-bond donors (Lipinski definition) is 12. The van der Waals surface area contributed by atoms with Crippen LogP contribution in [0.5, 0.6) is 0 Å². The van der Waals surface area contributed by atoms with Crippen LogP contribution in [0.15, 0.2) is 78.1 Å². The first-order valence-electron chi connectivity index (χ1n) is 29.1. The van der Waals surface area contributed by atoms with E-state index in [-0.39, 0.29) is 46.6 Å². The second kappa shape index (κ2) is 29.6. The van der Waals surface area contributed by atoms with Crippen molar-refractivity contribution in [3.05, 3.63) is 118 Å². The molecule has 540 valence electrons. The number of fused-ring (bicyclic) bond motifs is 1. The van der Waals surface area contributed by atoms with Crippen molar-refractivity contribution in [3.63, 3.8) is 0 Å². The van der Waals surface area contributed by atoms with Crippen LogP contribution in [0, 0.1) is 6.92 Å². The number of aromatic nitrogens is 12. The van der Waals surface area contributed by atoms with Crippen LogP contribution in [0.2, 0.25) is 0 Å². The lowest BCUT2D eigenvalue weighted by Gasteiger charge is -2.25. The summed E-state index contributed by atoms with van der Waals surface area (Å²) in [7, 11) is -25.0. The van der Waals surface area contributed by atoms with Crippen molar-refractivity contribution in [3.8, 4) is 0 Å². The van der Waals surface area contributed by atoms with Crippen LogP contribution in [-0.4, -0.2) is 181 Å². The van der Waals surface area contributed by atoms with Crippen molar-refractivity contribution in [2.75, 3.05) is 56.0 Å². The first kappa shape index (κ1) is 73.3. The molecular formula is C47H62N16O31P5+. The van der Waals surface area contributed by atoms with Crippen LogP contribution >= 0.6 is 39.5 Å². The van der Waals surface area contributed by atoms with Gasteiger partial charge in [0.1, 0.15) is 110 Å². The van der Waals surface area contributed by atoms with E-state index in [4.69, 9.17) is 87.3 Å². The van der Waals surface area contributed by atoms with Crippen LogP contribution in [0.25, 0.3) is 11.2 Å². The highest BCUT2D eigenvalue weighted by atomic mass is 31.2. The minimum atomic E-state index is -5.55. The minimum Gasteiger partial charge on any atom is -0.390 e. The number of H-pyrrole nitrogens is 2. The number of anilines is 4. The van der Waals surface area contributed by atoms with Crippen LogP contribution in [0.3, 0.4) is 0 Å². The molecule has 0 spiro atoms. The average molecular weight is 1500 g/mol. The van der Waals surface area contributed by atoms with E-state index in [2.05, 4.69) is 34.9 Å². The van der Waals surface area contributed by atoms with E-state index < -0.39 is 224 Å². The molecule has 5 saturated heterocycles. The Morgan fingerprint density at radius 1 is 0.525 bits per heavy atom. The number of aliphatic hydroxyl groups is 1. The van der Waals surface area contributed by atoms with Crippen LogP contribution in [0.1, 0.15) is 68.8 Å². The Kier molecular flexibility index (Phi) is 21.9. The maximum Gasteiger partial charge on any atom is 0.694 e. The molecule has 99 heavy (non-hydrogen) atoms. The average Bonchev–Trinajstić information content (AvgIpc) is 1.64. The zero-order valence-electron chi connectivity index (χ0n) is 50.8. The standard InChI is InChI=1S/C47H61N16O31P5/c1-20-13-62(47(70)58-41(20)65)37-11-22(27(87-37)14-81-95(71)72)91-97(75,76)83-16-28-23(9-35(88-28)60-6-3-32(49)54-45(60)68)92-98(77,78)84-17-29-24(10-36(89-29)61-7-4-33(50)55-46(61)69)93-99(79,80)85-18-30-25(12-38(90-30)63-19-52-39-40(63)56-43(51)57-42(39)66)94-96(73,74)82-15-26-21(64)8-34(86-26)59-5-2-31(48)53-44(59)67/h2-7,13,19,21-30,34-38,64H,8-12,14-18H2,1H3,(H14-,48,49,50,51,53,54,55,56,57,58,65,66,67,68,69,70,71,72,73,74,75,76,77,78,79,80)/p+1/t21-,22-,23-,24-,25-,26+,27+,28+,29+,30+,34+,35+,36+,37+,38+/m0/s1. The smallest absolute Gasteiger partial charge is 0.390 e. The lowest BCUT2D eigenvalue weighted by molar-refractivity contribution is -0.0643. The molecule has 6 aromatic rings. The molecule has 5 fully saturated rings. The van der Waals surface area contributed by atoms with E-state index in [1.54, 1.807) is 0 Å². The number of nitrogens with two attached hydrogens (primary N) is 4. The van der Waals surface area contributed by atoms with Gasteiger partial charge in [-0.3, -0.25) is 78.6 Å². The van der Waals surface area contributed by atoms with E-state index >= 15 is 0 Å². The lowest BCUT2D eigenvalue weighted by Crippen LogP contribution is -2.33. The number of rotatable bonds is 28. The Labute approximate surface area is 551 Å². The third kappa shape index (κ3) is 17.7. The number of aromatic amines is 2. The molecule has 0 aromatic carbocycles. The number of phosphoric acid groups is 4. The van der Waals surface area contributed by atoms with Crippen molar-refractivity contribution in [1.29, 1.82) is 0 Å². The van der Waals surface area contributed by atoms with Gasteiger partial charge < -0.3 is 71.3 Å². The van der Waals surface area contributed by atoms with Crippen molar-refractivity contribution in [2.45, 2.75) is 131 Å². The molecule has 20 atom stereocenters. The van der Waals surface area contributed by atoms with Gasteiger partial charge in [-0.05, 0) is 25.1 Å². The molecule has 0 radical (unpaired) electrons. The zero-order chi connectivity index (χ0) is 71.2. The molecule has 6 aromatic heterocycles. The summed E-state index contributed by atoms with van der Waals surface area (Å²) in [5.41, 5.74) is 17.2. The van der Waals surface area contributed by atoms with E-state index in [9.17, 15) is 81.2 Å². The Morgan fingerprint density at radius 2 is 0.889 bits per heavy atom. The van der Waals surface area contributed by atoms with Crippen LogP contribution in [-0.2, 0) is 87.2 Å². The van der Waals surface area contributed by atoms with Crippen LogP contribution < -0.4 is 56.8 Å². The van der Waals surface area contributed by atoms with Gasteiger partial charge in [-0.15, -0.1) is 9.42 Å². The van der Waals surface area contributed by atoms with E-state index in [1.165, 1.54) is 35.9 Å². The summed E-state index contributed by atoms with van der Waals surface area (Å²) in [6, 6.07) is 3.68. The topological polar surface area (TPSA) is 663 Å². The van der Waals surface area contributed by atoms with Gasteiger partial charge in [0.15, 0.2) is 11.2 Å². The fourth-order valence-electron chi connectivity index (χ4n) is 11.1. The molecule has 0 amide bonds. The number of nitrogens with one attached hydrogen (secondary N) is 2. The lowest BCUT2D eigenvalue weighted by atomic mass is 10.2. The third-order valence-corrected chi connectivity index (χ3v) is 20.1. The first-order chi connectivity index (χ1) is 46.6. The molecule has 5 aliphatic heterocycles. The summed E-state index contributed by atoms with van der Waals surface area (Å²) in [6.07, 6.45) is -18.9. The van der Waals surface area contributed by atoms with Gasteiger partial charge in [0, 0.05) is 67.0 Å². The predicted molar refractivity (Wildman–Crippen MR) is 324 cm³/mol. The highest BCUT2D eigenvalue weighted by Crippen LogP contribution is 2.55. The van der Waals surface area contributed by atoms with E-state index in [0.29, 0.717) is 0 Å². The highest BCUT2D eigenvalue weighted by molar-refractivity contribution is 7.48. The SMILES string of the molecule is Cc1cn([C@H]2C[C@H](OP(=O)(O)OC[C@H]3O[C@@H](n4ccc(N)nc4=O)C[C@@H]3OP(=O)(O)OC[C@H]3O[C@@H](n4ccc(N)nc4=O)C[C@@H]3OP(=O)(O)OC[C@H]3O[C@@H](n4cnc5c(=O)[nH]c(N)nc54)C[C@@H]3OP(=O)(O)OC[C@H]3O[C@@H](n4ccc(N)nc4=O)C[C@@H]3O)[C@@H](CO[P+](=O)O)O2)c(=O)[nH]c1=O. The van der Waals surface area contributed by atoms with E-state index in [1.807, 2.05) is 0 Å². The molecule has 11 heterocycles. The summed E-state index contributed by atoms with van der Waals surface area (Å²) < 4.78 is 150. The number of aliphatic hydroxyl groups excluding tert-OH is 1. The zero-order valence-corrected chi connectivity index (χ0v) is 55.2. The highest BCUT2D eigenvalue weighted by Gasteiger charge is 2.50. The minimum absolute atomic E-state index is 0.0621. The molecule has 11 rings (SSSR count). The molecule has 47 nitrogen and oxygen atoms in total. The molecule has 5 aliphatic rings. The number of ether oxygens (including phenoxy) is 5. The van der Waals surface area contributed by atoms with Crippen molar-refractivity contribution >= 4 is 74.1 Å². The van der Waals surface area contributed by atoms with Crippen molar-refractivity contribution in [2.24, 2.45) is 0 Å². The number of nitrogens with zero attached hydrogens (tertiary/aromatic N) is 10. The first-order valence-corrected chi connectivity index (χ1v) is 36.2. The number of phosphoric ester groups is 4. The van der Waals surface area contributed by atoms with Gasteiger partial charge in [0.05, 0.1) is 38.9 Å². The molecule has 16 N–H and O–H groups in total. The quantitative estimate of drug-likeness (QED) is 0.0227. The Bertz CT molecular complexity index is 4590. The van der Waals surface area contributed by atoms with Crippen molar-refractivity contribution < 1.29 is 117 Å². The molecule has 5 unspecified atom stereocenters. The van der Waals surface area contributed by atoms with Gasteiger partial charge in [0.2, 0.25) is 5.95 Å². The fourth-order valence-corrected chi connectivity index (χ4v) is 15.2. The van der Waals surface area contributed by atoms with Crippen molar-refractivity contribution in [1.82, 2.24) is 57.7 Å². The van der Waals surface area contributed by atoms with Gasteiger partial charge >= 0.3 is 62.3 Å². The molecule has 0 bridgehead atoms. The normalized spacial score (nSPS) is 29.7. The Hall–Kier alpha value is -6.91. The maximum absolute atomic E-state index is 14.1. The molecular weight excluding hydrogens is 1440 g/mol. The molecule has 0 saturated carbocycles. The molecule has 0 aliphatic carbocycles. The van der Waals surface area contributed by atoms with Gasteiger partial charge in [-0.25, -0.2) is 42.4 Å². The van der Waals surface area contributed by atoms with E-state index in [0.717, 1.165) is 43.2 Å². The number of hydrogen-bond acceptors (Lipinski definition) is 35. The summed E-state index contributed by atoms with van der Waals surface area (Å²) >= 11 is 0. The molecule has 52 heteroatoms. The van der Waals surface area contributed by atoms with Gasteiger partial charge in [-0.2, -0.15) is 19.9 Å². The third-order valence-electron chi connectivity index (χ3n) is 15.7. The summed E-state index contributed by atoms with van der Waals surface area (Å²) in [5, 5.41) is 10.8. The van der Waals surface area contributed by atoms with Gasteiger partial charge in [-0.1, -0.05) is 0 Å². The number of nitrogen functional groups attached to an aromatic ring is 4. The largest absolute Gasteiger partial charge is 0.694 e. The van der Waals surface area contributed by atoms with Gasteiger partial charge in [0.25, 0.3) is 11.1 Å². The second-order valence-corrected chi connectivity index (χ2v) is 28.8. The maximum atomic E-state index is 14.1. The predicted octanol–water partition coefficient (Wildman–Crippen LogP) is -2.45. The number of imidazole rings is 1. The number of aryl methyl sites for hydroxylation is 1. The summed E-state index contributed by atoms with van der Waals surface area (Å²) in [6.45, 7) is -3.38. The Morgan fingerprint density at radius 3 is 1.29 bits per heavy atom. The Balaban J connectivity index is 0.780. The second-order valence-electron chi connectivity index (χ2n) is 22.4. The summed E-state index contributed by atoms with van der Waals surface area (Å²) in [4.78, 5) is 154. The fraction of sp³-hybridized carbons (Fsp3) is 0.553.